The molecular weight excluding hydrogens is 300 g/mol. The predicted octanol–water partition coefficient (Wildman–Crippen LogP) is 3.27. The number of hydrogen-bond donors (Lipinski definition) is 1. The van der Waals surface area contributed by atoms with Gasteiger partial charge >= 0.3 is 0 Å². The fourth-order valence-corrected chi connectivity index (χ4v) is 2.50. The topological polar surface area (TPSA) is 41.5 Å². The molecular formula is C12H9BrN2OS. The molecule has 1 heterocycles. The molecule has 1 amide bonds. The number of hydrazone groups is 1. The molecule has 0 unspecified atom stereocenters. The summed E-state index contributed by atoms with van der Waals surface area (Å²) in [6.07, 6.45) is 1.62. The van der Waals surface area contributed by atoms with Gasteiger partial charge in [0.2, 0.25) is 0 Å². The smallest absolute Gasteiger partial charge is 0.267 e. The minimum absolute atomic E-state index is 0.211. The van der Waals surface area contributed by atoms with Gasteiger partial charge in [0, 0.05) is 10.4 Å². The summed E-state index contributed by atoms with van der Waals surface area (Å²) in [6, 6.07) is 12.8. The van der Waals surface area contributed by atoms with Crippen LogP contribution in [0.1, 0.15) is 15.2 Å². The number of nitrogens with zero attached hydrogens (tertiary/aromatic N) is 1. The zero-order chi connectivity index (χ0) is 12.1. The quantitative estimate of drug-likeness (QED) is 0.686. The molecule has 0 spiro atoms. The molecule has 0 atom stereocenters. The van der Waals surface area contributed by atoms with E-state index in [2.05, 4.69) is 26.5 Å². The van der Waals surface area contributed by atoms with E-state index in [1.54, 1.807) is 29.7 Å². The maximum atomic E-state index is 11.6. The molecule has 0 radical (unpaired) electrons. The number of halogens is 1. The normalized spacial score (nSPS) is 10.6. The highest BCUT2D eigenvalue weighted by molar-refractivity contribution is 9.11. The number of rotatable bonds is 3. The van der Waals surface area contributed by atoms with Crippen molar-refractivity contribution >= 4 is 39.4 Å². The predicted molar refractivity (Wildman–Crippen MR) is 73.5 cm³/mol. The number of nitrogens with one attached hydrogen (secondary N) is 1. The van der Waals surface area contributed by atoms with Crippen molar-refractivity contribution < 1.29 is 4.79 Å². The van der Waals surface area contributed by atoms with E-state index in [1.807, 2.05) is 30.3 Å². The monoisotopic (exact) mass is 308 g/mol. The Hall–Kier alpha value is -1.46. The Balaban J connectivity index is 1.95. The summed E-state index contributed by atoms with van der Waals surface area (Å²) in [5, 5.41) is 3.90. The zero-order valence-electron chi connectivity index (χ0n) is 8.76. The molecule has 1 aromatic heterocycles. The van der Waals surface area contributed by atoms with Crippen LogP contribution in [-0.4, -0.2) is 12.1 Å². The van der Waals surface area contributed by atoms with Crippen LogP contribution in [0.4, 0.5) is 0 Å². The molecule has 17 heavy (non-hydrogen) atoms. The van der Waals surface area contributed by atoms with Gasteiger partial charge in [0.15, 0.2) is 0 Å². The van der Waals surface area contributed by atoms with E-state index >= 15 is 0 Å². The van der Waals surface area contributed by atoms with E-state index in [4.69, 9.17) is 0 Å². The molecule has 5 heteroatoms. The van der Waals surface area contributed by atoms with Gasteiger partial charge in [-0.05, 0) is 40.2 Å². The Bertz CT molecular complexity index is 536. The van der Waals surface area contributed by atoms with Gasteiger partial charge in [0.1, 0.15) is 0 Å². The van der Waals surface area contributed by atoms with E-state index in [0.717, 1.165) is 8.66 Å². The van der Waals surface area contributed by atoms with Gasteiger partial charge in [0.25, 0.3) is 5.91 Å². The van der Waals surface area contributed by atoms with Gasteiger partial charge in [0.05, 0.1) is 10.0 Å². The van der Waals surface area contributed by atoms with Crippen molar-refractivity contribution in [3.63, 3.8) is 0 Å². The Kier molecular flexibility index (Phi) is 4.06. The van der Waals surface area contributed by atoms with Crippen molar-refractivity contribution in [1.29, 1.82) is 0 Å². The average Bonchev–Trinajstić information content (AvgIpc) is 2.76. The molecule has 2 aromatic rings. The summed E-state index contributed by atoms with van der Waals surface area (Å²) in [5.74, 6) is -0.211. The maximum Gasteiger partial charge on any atom is 0.271 e. The molecule has 0 aliphatic carbocycles. The summed E-state index contributed by atoms with van der Waals surface area (Å²) < 4.78 is 1.04. The molecule has 3 nitrogen and oxygen atoms in total. The lowest BCUT2D eigenvalue weighted by Gasteiger charge is -1.97. The van der Waals surface area contributed by atoms with Gasteiger partial charge in [-0.1, -0.05) is 18.2 Å². The summed E-state index contributed by atoms with van der Waals surface area (Å²) in [5.41, 5.74) is 3.07. The molecule has 0 aliphatic rings. The SMILES string of the molecule is O=C(N/N=C\c1ccc(Br)s1)c1ccccc1. The van der Waals surface area contributed by atoms with E-state index in [9.17, 15) is 4.79 Å². The molecule has 2 rings (SSSR count). The van der Waals surface area contributed by atoms with Gasteiger partial charge in [-0.3, -0.25) is 4.79 Å². The highest BCUT2D eigenvalue weighted by Crippen LogP contribution is 2.20. The zero-order valence-corrected chi connectivity index (χ0v) is 11.2. The number of carbonyl (C=O) groups excluding carboxylic acids is 1. The van der Waals surface area contributed by atoms with Crippen LogP contribution < -0.4 is 5.43 Å². The van der Waals surface area contributed by atoms with Gasteiger partial charge < -0.3 is 0 Å². The van der Waals surface area contributed by atoms with Crippen molar-refractivity contribution in [2.24, 2.45) is 5.10 Å². The second kappa shape index (κ2) is 5.75. The highest BCUT2D eigenvalue weighted by Gasteiger charge is 2.01. The second-order valence-electron chi connectivity index (χ2n) is 3.21. The van der Waals surface area contributed by atoms with Crippen molar-refractivity contribution in [2.45, 2.75) is 0 Å². The highest BCUT2D eigenvalue weighted by atomic mass is 79.9. The molecule has 0 saturated carbocycles. The molecule has 86 valence electrons. The molecule has 1 aromatic carbocycles. The average molecular weight is 309 g/mol. The molecule has 0 saturated heterocycles. The van der Waals surface area contributed by atoms with Gasteiger partial charge in [-0.25, -0.2) is 5.43 Å². The molecule has 0 bridgehead atoms. The van der Waals surface area contributed by atoms with Crippen LogP contribution in [0.2, 0.25) is 0 Å². The first-order chi connectivity index (χ1) is 8.25. The summed E-state index contributed by atoms with van der Waals surface area (Å²) in [4.78, 5) is 12.6. The van der Waals surface area contributed by atoms with E-state index < -0.39 is 0 Å². The summed E-state index contributed by atoms with van der Waals surface area (Å²) in [7, 11) is 0. The van der Waals surface area contributed by atoms with Crippen LogP contribution in [0.3, 0.4) is 0 Å². The van der Waals surface area contributed by atoms with Crippen LogP contribution in [0.15, 0.2) is 51.4 Å². The number of hydrogen-bond acceptors (Lipinski definition) is 3. The first-order valence-electron chi connectivity index (χ1n) is 4.89. The maximum absolute atomic E-state index is 11.6. The number of benzene rings is 1. The number of amides is 1. The van der Waals surface area contributed by atoms with E-state index in [0.29, 0.717) is 5.56 Å². The Labute approximate surface area is 111 Å². The lowest BCUT2D eigenvalue weighted by atomic mass is 10.2. The Morgan fingerprint density at radius 3 is 2.65 bits per heavy atom. The minimum Gasteiger partial charge on any atom is -0.267 e. The van der Waals surface area contributed by atoms with Crippen molar-refractivity contribution in [1.82, 2.24) is 5.43 Å². The van der Waals surface area contributed by atoms with Crippen LogP contribution in [-0.2, 0) is 0 Å². The number of thiophene rings is 1. The lowest BCUT2D eigenvalue weighted by molar-refractivity contribution is 0.0955. The second-order valence-corrected chi connectivity index (χ2v) is 5.70. The van der Waals surface area contributed by atoms with E-state index in [1.165, 1.54) is 0 Å². The van der Waals surface area contributed by atoms with Crippen LogP contribution in [0, 0.1) is 0 Å². The first kappa shape index (κ1) is 12.0. The fourth-order valence-electron chi connectivity index (χ4n) is 1.21. The number of carbonyl (C=O) groups is 1. The third-order valence-electron chi connectivity index (χ3n) is 1.99. The van der Waals surface area contributed by atoms with Crippen molar-refractivity contribution in [3.05, 3.63) is 56.7 Å². The Morgan fingerprint density at radius 2 is 2.00 bits per heavy atom. The largest absolute Gasteiger partial charge is 0.271 e. The Morgan fingerprint density at radius 1 is 1.24 bits per heavy atom. The third kappa shape index (κ3) is 3.51. The van der Waals surface area contributed by atoms with Crippen LogP contribution in [0.5, 0.6) is 0 Å². The van der Waals surface area contributed by atoms with Crippen molar-refractivity contribution in [2.75, 3.05) is 0 Å². The first-order valence-corrected chi connectivity index (χ1v) is 6.50. The summed E-state index contributed by atoms with van der Waals surface area (Å²) >= 11 is 4.91. The minimum atomic E-state index is -0.211. The van der Waals surface area contributed by atoms with Crippen LogP contribution >= 0.6 is 27.3 Å². The lowest BCUT2D eigenvalue weighted by Crippen LogP contribution is -2.17. The fraction of sp³-hybridized carbons (Fsp3) is 0. The summed E-state index contributed by atoms with van der Waals surface area (Å²) in [6.45, 7) is 0. The van der Waals surface area contributed by atoms with Crippen LogP contribution in [0.25, 0.3) is 0 Å². The van der Waals surface area contributed by atoms with Gasteiger partial charge in [-0.15, -0.1) is 11.3 Å². The standard InChI is InChI=1S/C12H9BrN2OS/c13-11-7-6-10(17-11)8-14-15-12(16)9-4-2-1-3-5-9/h1-8H,(H,15,16)/b14-8-. The third-order valence-corrected chi connectivity index (χ3v) is 3.55. The molecule has 0 fully saturated rings. The van der Waals surface area contributed by atoms with E-state index in [-0.39, 0.29) is 5.91 Å². The molecule has 0 aliphatic heterocycles. The molecule has 1 N–H and O–H groups in total. The van der Waals surface area contributed by atoms with Crippen molar-refractivity contribution in [3.8, 4) is 0 Å². The van der Waals surface area contributed by atoms with Gasteiger partial charge in [-0.2, -0.15) is 5.10 Å².